The van der Waals surface area contributed by atoms with E-state index in [4.69, 9.17) is 21.1 Å². The number of allylic oxidation sites excluding steroid dienone is 1. The van der Waals surface area contributed by atoms with Crippen molar-refractivity contribution >= 4 is 40.1 Å². The van der Waals surface area contributed by atoms with E-state index >= 15 is 0 Å². The number of hydrogen-bond donors (Lipinski definition) is 1. The van der Waals surface area contributed by atoms with Gasteiger partial charge >= 0.3 is 5.97 Å². The number of carbonyl (C=O) groups is 1. The Hall–Kier alpha value is -4.10. The second kappa shape index (κ2) is 9.27. The highest BCUT2D eigenvalue weighted by Crippen LogP contribution is 2.33. The first kappa shape index (κ1) is 22.7. The number of fused-ring (bicyclic) bond motifs is 2. The molecule has 1 aliphatic heterocycles. The minimum absolute atomic E-state index is 0.0926. The van der Waals surface area contributed by atoms with E-state index in [9.17, 15) is 14.7 Å². The molecule has 8 heteroatoms. The summed E-state index contributed by atoms with van der Waals surface area (Å²) in [5, 5.41) is 10.3. The van der Waals surface area contributed by atoms with Gasteiger partial charge in [0.2, 0.25) is 0 Å². The minimum atomic E-state index is -1.06. The van der Waals surface area contributed by atoms with Gasteiger partial charge in [0.15, 0.2) is 11.5 Å². The summed E-state index contributed by atoms with van der Waals surface area (Å²) in [7, 11) is 1.58. The molecule has 2 heterocycles. The summed E-state index contributed by atoms with van der Waals surface area (Å²) in [5.74, 6) is 0.638. The van der Waals surface area contributed by atoms with Gasteiger partial charge < -0.3 is 14.6 Å². The molecule has 0 unspecified atom stereocenters. The molecular formula is C27H21ClN2O5. The molecule has 3 aromatic carbocycles. The number of aromatic nitrogens is 2. The van der Waals surface area contributed by atoms with E-state index in [1.807, 2.05) is 48.5 Å². The lowest BCUT2D eigenvalue weighted by Gasteiger charge is -2.12. The molecule has 0 spiro atoms. The summed E-state index contributed by atoms with van der Waals surface area (Å²) < 4.78 is 13.1. The number of methoxy groups -OCH3 is 1. The van der Waals surface area contributed by atoms with Gasteiger partial charge in [-0.1, -0.05) is 35.9 Å². The molecule has 1 N–H and O–H groups in total. The number of nitrogens with zero attached hydrogens (tertiary/aromatic N) is 2. The quantitative estimate of drug-likeness (QED) is 0.397. The third kappa shape index (κ3) is 4.38. The highest BCUT2D eigenvalue weighted by Gasteiger charge is 2.21. The average molecular weight is 489 g/mol. The van der Waals surface area contributed by atoms with Crippen molar-refractivity contribution in [2.45, 2.75) is 19.6 Å². The van der Waals surface area contributed by atoms with Gasteiger partial charge in [-0.3, -0.25) is 9.36 Å². The molecule has 0 amide bonds. The number of benzene rings is 3. The maximum absolute atomic E-state index is 13.0. The minimum Gasteiger partial charge on any atom is -0.493 e. The molecule has 5 rings (SSSR count). The maximum atomic E-state index is 13.0. The van der Waals surface area contributed by atoms with Crippen LogP contribution in [0.25, 0.3) is 22.6 Å². The SMILES string of the molecule is COc1cc(/C=C2\CCn3c2nc2cc(C(=O)O)ccc2c3=O)ccc1OCc1ccccc1Cl. The molecule has 1 aromatic heterocycles. The Labute approximate surface area is 205 Å². The van der Waals surface area contributed by atoms with Crippen LogP contribution in [0.2, 0.25) is 5.02 Å². The largest absolute Gasteiger partial charge is 0.493 e. The van der Waals surface area contributed by atoms with Crippen LogP contribution in [-0.4, -0.2) is 27.7 Å². The molecule has 35 heavy (non-hydrogen) atoms. The van der Waals surface area contributed by atoms with Gasteiger partial charge in [0.1, 0.15) is 12.4 Å². The fourth-order valence-electron chi connectivity index (χ4n) is 4.15. The van der Waals surface area contributed by atoms with Crippen LogP contribution in [0.3, 0.4) is 0 Å². The molecule has 7 nitrogen and oxygen atoms in total. The average Bonchev–Trinajstić information content (AvgIpc) is 3.26. The van der Waals surface area contributed by atoms with E-state index in [0.29, 0.717) is 52.8 Å². The summed E-state index contributed by atoms with van der Waals surface area (Å²) in [6.07, 6.45) is 2.59. The van der Waals surface area contributed by atoms with Gasteiger partial charge in [-0.15, -0.1) is 0 Å². The lowest BCUT2D eigenvalue weighted by Crippen LogP contribution is -2.21. The summed E-state index contributed by atoms with van der Waals surface area (Å²) in [6.45, 7) is 0.821. The van der Waals surface area contributed by atoms with Gasteiger partial charge in [-0.2, -0.15) is 0 Å². The number of carboxylic acid groups (broad SMARTS) is 1. The number of hydrogen-bond acceptors (Lipinski definition) is 5. The zero-order chi connectivity index (χ0) is 24.5. The van der Waals surface area contributed by atoms with Crippen LogP contribution in [0.5, 0.6) is 11.5 Å². The monoisotopic (exact) mass is 488 g/mol. The van der Waals surface area contributed by atoms with Crippen LogP contribution in [0, 0.1) is 0 Å². The van der Waals surface area contributed by atoms with Crippen molar-refractivity contribution in [1.82, 2.24) is 9.55 Å². The van der Waals surface area contributed by atoms with Crippen molar-refractivity contribution in [3.05, 3.63) is 98.6 Å². The molecule has 176 valence electrons. The van der Waals surface area contributed by atoms with Crippen molar-refractivity contribution in [2.24, 2.45) is 0 Å². The van der Waals surface area contributed by atoms with Gasteiger partial charge in [-0.05, 0) is 60.0 Å². The fourth-order valence-corrected chi connectivity index (χ4v) is 4.34. The van der Waals surface area contributed by atoms with Crippen molar-refractivity contribution in [3.63, 3.8) is 0 Å². The molecule has 0 saturated heterocycles. The van der Waals surface area contributed by atoms with Crippen LogP contribution < -0.4 is 15.0 Å². The zero-order valence-corrected chi connectivity index (χ0v) is 19.6. The van der Waals surface area contributed by atoms with Crippen LogP contribution in [0.15, 0.2) is 65.5 Å². The van der Waals surface area contributed by atoms with Gasteiger partial charge in [0.25, 0.3) is 5.56 Å². The normalized spacial score (nSPS) is 13.7. The van der Waals surface area contributed by atoms with Crippen molar-refractivity contribution in [1.29, 1.82) is 0 Å². The molecule has 0 aliphatic carbocycles. The maximum Gasteiger partial charge on any atom is 0.335 e. The Morgan fingerprint density at radius 3 is 2.74 bits per heavy atom. The number of halogens is 1. The number of carboxylic acids is 1. The first-order chi connectivity index (χ1) is 16.9. The van der Waals surface area contributed by atoms with Crippen LogP contribution in [0.4, 0.5) is 0 Å². The van der Waals surface area contributed by atoms with Gasteiger partial charge in [-0.25, -0.2) is 9.78 Å². The molecule has 1 aliphatic rings. The van der Waals surface area contributed by atoms with Crippen molar-refractivity contribution < 1.29 is 19.4 Å². The van der Waals surface area contributed by atoms with Crippen LogP contribution >= 0.6 is 11.6 Å². The third-order valence-electron chi connectivity index (χ3n) is 5.96. The van der Waals surface area contributed by atoms with Crippen molar-refractivity contribution in [2.75, 3.05) is 7.11 Å². The number of aromatic carboxylic acids is 1. The Kier molecular flexibility index (Phi) is 6.01. The molecule has 4 aromatic rings. The second-order valence-electron chi connectivity index (χ2n) is 8.14. The molecule has 0 atom stereocenters. The van der Waals surface area contributed by atoms with E-state index in [2.05, 4.69) is 4.98 Å². The summed E-state index contributed by atoms with van der Waals surface area (Å²) in [6, 6.07) is 17.5. The molecule has 0 radical (unpaired) electrons. The van der Waals surface area contributed by atoms with Crippen LogP contribution in [0.1, 0.15) is 33.7 Å². The molecule has 0 fully saturated rings. The molecular weight excluding hydrogens is 468 g/mol. The van der Waals surface area contributed by atoms with E-state index < -0.39 is 5.97 Å². The van der Waals surface area contributed by atoms with Gasteiger partial charge in [0, 0.05) is 17.1 Å². The van der Waals surface area contributed by atoms with Crippen molar-refractivity contribution in [3.8, 4) is 11.5 Å². The molecule has 0 bridgehead atoms. The zero-order valence-electron chi connectivity index (χ0n) is 18.8. The standard InChI is InChI=1S/C27H21ClN2O5/c1-34-24-13-16(6-9-23(24)35-15-19-4-2-3-5-21(19)28)12-17-10-11-30-25(17)29-22-14-18(27(32)33)7-8-20(22)26(30)31/h2-9,12-14H,10-11,15H2,1H3,(H,32,33)/b17-12+. The Morgan fingerprint density at radius 2 is 1.97 bits per heavy atom. The van der Waals surface area contributed by atoms with E-state index in [1.54, 1.807) is 11.7 Å². The predicted octanol–water partition coefficient (Wildman–Crippen LogP) is 5.28. The Balaban J connectivity index is 1.46. The second-order valence-corrected chi connectivity index (χ2v) is 8.55. The number of rotatable bonds is 6. The fraction of sp³-hybridized carbons (Fsp3) is 0.148. The Morgan fingerprint density at radius 1 is 1.14 bits per heavy atom. The lowest BCUT2D eigenvalue weighted by molar-refractivity contribution is 0.0697. The molecule has 0 saturated carbocycles. The smallest absolute Gasteiger partial charge is 0.335 e. The topological polar surface area (TPSA) is 90.7 Å². The summed E-state index contributed by atoms with van der Waals surface area (Å²) in [5.41, 5.74) is 2.91. The Bertz CT molecular complexity index is 1560. The third-order valence-corrected chi connectivity index (χ3v) is 6.33. The summed E-state index contributed by atoms with van der Waals surface area (Å²) >= 11 is 6.22. The number of ether oxygens (including phenoxy) is 2. The van der Waals surface area contributed by atoms with E-state index in [-0.39, 0.29) is 11.1 Å². The highest BCUT2D eigenvalue weighted by atomic mass is 35.5. The predicted molar refractivity (Wildman–Crippen MR) is 134 cm³/mol. The van der Waals surface area contributed by atoms with E-state index in [1.165, 1.54) is 18.2 Å². The van der Waals surface area contributed by atoms with Gasteiger partial charge in [0.05, 0.1) is 23.6 Å². The first-order valence-electron chi connectivity index (χ1n) is 11.0. The first-order valence-corrected chi connectivity index (χ1v) is 11.4. The lowest BCUT2D eigenvalue weighted by atomic mass is 10.1. The summed E-state index contributed by atoms with van der Waals surface area (Å²) in [4.78, 5) is 28.9. The van der Waals surface area contributed by atoms with E-state index in [0.717, 1.165) is 16.7 Å². The van der Waals surface area contributed by atoms with Crippen LogP contribution in [-0.2, 0) is 13.2 Å². The highest BCUT2D eigenvalue weighted by molar-refractivity contribution is 6.31.